The van der Waals surface area contributed by atoms with Crippen LogP contribution in [0.2, 0.25) is 0 Å². The number of carbonyl (C=O) groups excluding carboxylic acids is 1. The van der Waals surface area contributed by atoms with Gasteiger partial charge in [-0.05, 0) is 49.7 Å². The number of hydrogen-bond acceptors (Lipinski definition) is 5. The summed E-state index contributed by atoms with van der Waals surface area (Å²) in [6.45, 7) is 2.48. The maximum atomic E-state index is 13.0. The van der Waals surface area contributed by atoms with Gasteiger partial charge >= 0.3 is 0 Å². The number of rotatable bonds is 7. The van der Waals surface area contributed by atoms with Gasteiger partial charge in [-0.1, -0.05) is 40.5 Å². The minimum atomic E-state index is -0.322. The van der Waals surface area contributed by atoms with E-state index in [-0.39, 0.29) is 17.1 Å². The molecule has 3 rings (SSSR count). The molecule has 0 bridgehead atoms. The Labute approximate surface area is 180 Å². The van der Waals surface area contributed by atoms with Crippen molar-refractivity contribution < 1.29 is 19.4 Å². The first-order valence-corrected chi connectivity index (χ1v) is 10.5. The molecule has 1 aliphatic heterocycles. The number of halogens is 1. The second kappa shape index (κ2) is 9.94. The summed E-state index contributed by atoms with van der Waals surface area (Å²) in [5.41, 5.74) is 1.65. The number of ketones is 1. The van der Waals surface area contributed by atoms with Gasteiger partial charge in [0.15, 0.2) is 5.78 Å². The molecule has 1 N–H and O–H groups in total. The smallest absolute Gasteiger partial charge is 0.193 e. The minimum Gasteiger partial charge on any atom is -0.507 e. The fraction of sp³-hybridized carbons (Fsp3) is 0.348. The average molecular weight is 460 g/mol. The second-order valence-corrected chi connectivity index (χ2v) is 7.89. The molecule has 2 aromatic rings. The number of benzene rings is 2. The van der Waals surface area contributed by atoms with Crippen molar-refractivity contribution in [2.24, 2.45) is 0 Å². The average Bonchev–Trinajstić information content (AvgIpc) is 2.74. The largest absolute Gasteiger partial charge is 0.507 e. The zero-order valence-corrected chi connectivity index (χ0v) is 18.4. The number of hydrogen-bond donors (Lipinski definition) is 1. The van der Waals surface area contributed by atoms with Crippen LogP contribution < -0.4 is 9.47 Å². The van der Waals surface area contributed by atoms with Crippen LogP contribution in [0.25, 0.3) is 6.08 Å². The number of phenols is 1. The predicted octanol–water partition coefficient (Wildman–Crippen LogP) is 5.05. The molecule has 6 heteroatoms. The zero-order chi connectivity index (χ0) is 20.8. The van der Waals surface area contributed by atoms with E-state index in [0.717, 1.165) is 36.0 Å². The van der Waals surface area contributed by atoms with Crippen LogP contribution in [0.15, 0.2) is 40.9 Å². The van der Waals surface area contributed by atoms with Crippen molar-refractivity contribution in [2.45, 2.75) is 25.8 Å². The van der Waals surface area contributed by atoms with Crippen LogP contribution in [0.3, 0.4) is 0 Å². The number of allylic oxidation sites excluding steroid dienone is 1. The van der Waals surface area contributed by atoms with Crippen molar-refractivity contribution >= 4 is 27.8 Å². The summed E-state index contributed by atoms with van der Waals surface area (Å²) in [5.74, 6) is 0.422. The number of carbonyl (C=O) groups is 1. The lowest BCUT2D eigenvalue weighted by Gasteiger charge is -2.28. The van der Waals surface area contributed by atoms with Gasteiger partial charge in [0, 0.05) is 17.1 Å². The minimum absolute atomic E-state index is 0.0754. The quantitative estimate of drug-likeness (QED) is 0.463. The van der Waals surface area contributed by atoms with Gasteiger partial charge in [0.05, 0.1) is 19.8 Å². The van der Waals surface area contributed by atoms with E-state index < -0.39 is 0 Å². The molecule has 154 valence electrons. The van der Waals surface area contributed by atoms with Crippen LogP contribution in [0, 0.1) is 0 Å². The summed E-state index contributed by atoms with van der Waals surface area (Å²) < 4.78 is 11.8. The second-order valence-electron chi connectivity index (χ2n) is 7.04. The summed E-state index contributed by atoms with van der Waals surface area (Å²) in [7, 11) is 3.04. The molecule has 0 spiro atoms. The number of likely N-dealkylation sites (tertiary alicyclic amines) is 1. The Bertz CT molecular complexity index is 904. The van der Waals surface area contributed by atoms with Gasteiger partial charge in [-0.25, -0.2) is 0 Å². The SMILES string of the molecule is COc1cc(OC)c(C(=O)/C=C/c2ccccc2Br)c(O)c1CN1CCCCC1. The molecule has 1 saturated heterocycles. The van der Waals surface area contributed by atoms with Crippen LogP contribution in [0.4, 0.5) is 0 Å². The maximum Gasteiger partial charge on any atom is 0.193 e. The molecule has 0 amide bonds. The van der Waals surface area contributed by atoms with Crippen molar-refractivity contribution in [2.75, 3.05) is 27.3 Å². The summed E-state index contributed by atoms with van der Waals surface area (Å²) in [6.07, 6.45) is 6.68. The molecular weight excluding hydrogens is 434 g/mol. The third-order valence-corrected chi connectivity index (χ3v) is 5.89. The molecule has 29 heavy (non-hydrogen) atoms. The van der Waals surface area contributed by atoms with Crippen molar-refractivity contribution in [1.29, 1.82) is 0 Å². The number of nitrogens with zero attached hydrogens (tertiary/aromatic N) is 1. The molecule has 1 fully saturated rings. The molecule has 0 atom stereocenters. The highest BCUT2D eigenvalue weighted by Gasteiger charge is 2.25. The monoisotopic (exact) mass is 459 g/mol. The van der Waals surface area contributed by atoms with E-state index in [1.165, 1.54) is 19.6 Å². The molecule has 0 aliphatic carbocycles. The number of aromatic hydroxyl groups is 1. The summed E-state index contributed by atoms with van der Waals surface area (Å²) in [6, 6.07) is 9.30. The molecule has 2 aromatic carbocycles. The molecule has 1 heterocycles. The van der Waals surface area contributed by atoms with Gasteiger partial charge in [-0.2, -0.15) is 0 Å². The van der Waals surface area contributed by atoms with E-state index in [0.29, 0.717) is 23.6 Å². The molecule has 0 radical (unpaired) electrons. The highest BCUT2D eigenvalue weighted by atomic mass is 79.9. The molecular formula is C23H26BrNO4. The predicted molar refractivity (Wildman–Crippen MR) is 118 cm³/mol. The van der Waals surface area contributed by atoms with Crippen molar-refractivity contribution in [3.8, 4) is 17.2 Å². The normalized spacial score (nSPS) is 14.9. The summed E-state index contributed by atoms with van der Waals surface area (Å²) >= 11 is 3.47. The maximum absolute atomic E-state index is 13.0. The number of phenolic OH excluding ortho intramolecular Hbond substituents is 1. The molecule has 5 nitrogen and oxygen atoms in total. The van der Waals surface area contributed by atoms with Crippen LogP contribution in [-0.4, -0.2) is 43.1 Å². The summed E-state index contributed by atoms with van der Waals surface area (Å²) in [5, 5.41) is 11.0. The Kier molecular flexibility index (Phi) is 7.34. The van der Waals surface area contributed by atoms with Crippen LogP contribution in [-0.2, 0) is 6.54 Å². The highest BCUT2D eigenvalue weighted by molar-refractivity contribution is 9.10. The van der Waals surface area contributed by atoms with Crippen molar-refractivity contribution in [1.82, 2.24) is 4.90 Å². The molecule has 1 aliphatic rings. The Morgan fingerprint density at radius 1 is 1.14 bits per heavy atom. The first-order chi connectivity index (χ1) is 14.0. The Morgan fingerprint density at radius 2 is 1.83 bits per heavy atom. The fourth-order valence-corrected chi connectivity index (χ4v) is 4.01. The Morgan fingerprint density at radius 3 is 2.48 bits per heavy atom. The van der Waals surface area contributed by atoms with Crippen molar-refractivity contribution in [3.63, 3.8) is 0 Å². The lowest BCUT2D eigenvalue weighted by molar-refractivity contribution is 0.104. The van der Waals surface area contributed by atoms with E-state index in [1.54, 1.807) is 19.3 Å². The molecule has 0 saturated carbocycles. The molecule has 0 aromatic heterocycles. The lowest BCUT2D eigenvalue weighted by Crippen LogP contribution is -2.29. The van der Waals surface area contributed by atoms with E-state index in [1.807, 2.05) is 24.3 Å². The van der Waals surface area contributed by atoms with Crippen LogP contribution in [0.1, 0.15) is 40.7 Å². The highest BCUT2D eigenvalue weighted by Crippen LogP contribution is 2.40. The zero-order valence-electron chi connectivity index (χ0n) is 16.8. The number of ether oxygens (including phenoxy) is 2. The topological polar surface area (TPSA) is 59.0 Å². The fourth-order valence-electron chi connectivity index (χ4n) is 3.60. The van der Waals surface area contributed by atoms with Crippen molar-refractivity contribution in [3.05, 3.63) is 57.6 Å². The standard InChI is InChI=1S/C23H26BrNO4/c1-28-20-14-21(29-2)22(19(26)11-10-16-8-4-5-9-18(16)24)23(27)17(20)15-25-12-6-3-7-13-25/h4-5,8-11,14,27H,3,6-7,12-13,15H2,1-2H3/b11-10+. The van der Waals surface area contributed by atoms with Gasteiger partial charge < -0.3 is 14.6 Å². The van der Waals surface area contributed by atoms with E-state index in [9.17, 15) is 9.90 Å². The number of methoxy groups -OCH3 is 2. The van der Waals surface area contributed by atoms with Gasteiger partial charge in [-0.15, -0.1) is 0 Å². The third-order valence-electron chi connectivity index (χ3n) is 5.16. The van der Waals surface area contributed by atoms with E-state index in [4.69, 9.17) is 9.47 Å². The van der Waals surface area contributed by atoms with Crippen LogP contribution in [0.5, 0.6) is 17.2 Å². The first-order valence-electron chi connectivity index (χ1n) is 9.71. The Hall–Kier alpha value is -2.31. The Balaban J connectivity index is 1.96. The molecule has 0 unspecified atom stereocenters. The van der Waals surface area contributed by atoms with E-state index >= 15 is 0 Å². The first kappa shape index (κ1) is 21.4. The van der Waals surface area contributed by atoms with E-state index in [2.05, 4.69) is 20.8 Å². The van der Waals surface area contributed by atoms with Gasteiger partial charge in [0.2, 0.25) is 0 Å². The van der Waals surface area contributed by atoms with Gasteiger partial charge in [0.1, 0.15) is 22.8 Å². The van der Waals surface area contributed by atoms with Gasteiger partial charge in [-0.3, -0.25) is 9.69 Å². The number of piperidine rings is 1. The van der Waals surface area contributed by atoms with Crippen LogP contribution >= 0.6 is 15.9 Å². The lowest BCUT2D eigenvalue weighted by atomic mass is 10.0. The summed E-state index contributed by atoms with van der Waals surface area (Å²) in [4.78, 5) is 15.3. The van der Waals surface area contributed by atoms with Gasteiger partial charge in [0.25, 0.3) is 0 Å². The third kappa shape index (κ3) is 5.00.